The summed E-state index contributed by atoms with van der Waals surface area (Å²) in [4.78, 5) is 16.5. The molecule has 1 aliphatic rings. The number of halogens is 1. The second-order valence-electron chi connectivity index (χ2n) is 6.05. The van der Waals surface area contributed by atoms with Crippen LogP contribution in [0, 0.1) is 0 Å². The van der Waals surface area contributed by atoms with Gasteiger partial charge in [-0.1, -0.05) is 34.5 Å². The zero-order chi connectivity index (χ0) is 15.2. The highest BCUT2D eigenvalue weighted by molar-refractivity contribution is 9.10. The Balaban J connectivity index is 1.78. The van der Waals surface area contributed by atoms with Crippen molar-refractivity contribution >= 4 is 21.8 Å². The molecule has 21 heavy (non-hydrogen) atoms. The Morgan fingerprint density at radius 2 is 2.05 bits per heavy atom. The number of benzene rings is 1. The lowest BCUT2D eigenvalue weighted by molar-refractivity contribution is -0.130. The monoisotopic (exact) mass is 352 g/mol. The summed E-state index contributed by atoms with van der Waals surface area (Å²) >= 11 is 3.43. The van der Waals surface area contributed by atoms with E-state index in [2.05, 4.69) is 40.0 Å². The van der Waals surface area contributed by atoms with Gasteiger partial charge in [0.25, 0.3) is 0 Å². The summed E-state index contributed by atoms with van der Waals surface area (Å²) in [6.45, 7) is 1.86. The van der Waals surface area contributed by atoms with Crippen molar-refractivity contribution in [3.8, 4) is 0 Å². The van der Waals surface area contributed by atoms with Gasteiger partial charge in [-0.3, -0.25) is 4.79 Å². The molecule has 0 aromatic heterocycles. The topological polar surface area (TPSA) is 23.6 Å². The summed E-state index contributed by atoms with van der Waals surface area (Å²) < 4.78 is 1.07. The Hall–Kier alpha value is -0.870. The predicted molar refractivity (Wildman–Crippen MR) is 90.1 cm³/mol. The summed E-state index contributed by atoms with van der Waals surface area (Å²) in [6, 6.07) is 8.74. The van der Waals surface area contributed by atoms with E-state index in [9.17, 15) is 4.79 Å². The third-order valence-electron chi connectivity index (χ3n) is 4.37. The molecular weight excluding hydrogens is 328 g/mol. The molecule has 1 aliphatic heterocycles. The summed E-state index contributed by atoms with van der Waals surface area (Å²) in [6.07, 6.45) is 5.48. The number of piperidine rings is 1. The standard InChI is InChI=1S/C17H25BrN2O/c1-19-12-4-3-5-16(19)10-11-17(21)20(2)13-14-6-8-15(18)9-7-14/h6-9,16H,3-5,10-13H2,1-2H3. The van der Waals surface area contributed by atoms with E-state index >= 15 is 0 Å². The molecule has 116 valence electrons. The fourth-order valence-corrected chi connectivity index (χ4v) is 3.21. The number of hydrogen-bond acceptors (Lipinski definition) is 2. The van der Waals surface area contributed by atoms with Gasteiger partial charge in [0.1, 0.15) is 0 Å². The normalized spacial score (nSPS) is 19.5. The number of amides is 1. The molecule has 0 saturated carbocycles. The smallest absolute Gasteiger partial charge is 0.222 e. The van der Waals surface area contributed by atoms with Crippen molar-refractivity contribution in [3.63, 3.8) is 0 Å². The SMILES string of the molecule is CN(Cc1ccc(Br)cc1)C(=O)CCC1CCCCN1C. The fourth-order valence-electron chi connectivity index (χ4n) is 2.94. The van der Waals surface area contributed by atoms with Gasteiger partial charge in [-0.2, -0.15) is 0 Å². The summed E-state index contributed by atoms with van der Waals surface area (Å²) in [5.74, 6) is 0.247. The van der Waals surface area contributed by atoms with Crippen LogP contribution in [0.3, 0.4) is 0 Å². The van der Waals surface area contributed by atoms with Crippen LogP contribution in [0.25, 0.3) is 0 Å². The molecule has 1 atom stereocenters. The molecule has 1 saturated heterocycles. The summed E-state index contributed by atoms with van der Waals surface area (Å²) in [5.41, 5.74) is 1.17. The van der Waals surface area contributed by atoms with Crippen molar-refractivity contribution in [3.05, 3.63) is 34.3 Å². The minimum absolute atomic E-state index is 0.247. The molecule has 3 nitrogen and oxygen atoms in total. The predicted octanol–water partition coefficient (Wildman–Crippen LogP) is 3.67. The molecular formula is C17H25BrN2O. The third-order valence-corrected chi connectivity index (χ3v) is 4.90. The van der Waals surface area contributed by atoms with E-state index in [-0.39, 0.29) is 5.91 Å². The molecule has 1 fully saturated rings. The van der Waals surface area contributed by atoms with E-state index in [0.29, 0.717) is 19.0 Å². The number of hydrogen-bond donors (Lipinski definition) is 0. The Kier molecular flexibility index (Phi) is 6.24. The van der Waals surface area contributed by atoms with Gasteiger partial charge in [-0.25, -0.2) is 0 Å². The van der Waals surface area contributed by atoms with Gasteiger partial charge in [0.05, 0.1) is 0 Å². The highest BCUT2D eigenvalue weighted by Crippen LogP contribution is 2.19. The van der Waals surface area contributed by atoms with E-state index in [1.807, 2.05) is 24.1 Å². The van der Waals surface area contributed by atoms with E-state index in [4.69, 9.17) is 0 Å². The van der Waals surface area contributed by atoms with Crippen LogP contribution in [0.2, 0.25) is 0 Å². The lowest BCUT2D eigenvalue weighted by Crippen LogP contribution is -2.37. The van der Waals surface area contributed by atoms with Crippen LogP contribution in [-0.4, -0.2) is 42.4 Å². The molecule has 1 heterocycles. The van der Waals surface area contributed by atoms with Gasteiger partial charge in [-0.15, -0.1) is 0 Å². The number of rotatable bonds is 5. The van der Waals surface area contributed by atoms with Crippen molar-refractivity contribution in [1.82, 2.24) is 9.80 Å². The molecule has 0 spiro atoms. The zero-order valence-corrected chi connectivity index (χ0v) is 14.6. The minimum atomic E-state index is 0.247. The number of carbonyl (C=O) groups excluding carboxylic acids is 1. The van der Waals surface area contributed by atoms with Crippen LogP contribution in [0.5, 0.6) is 0 Å². The van der Waals surface area contributed by atoms with Gasteiger partial charge in [0.15, 0.2) is 0 Å². The second kappa shape index (κ2) is 7.95. The van der Waals surface area contributed by atoms with Crippen LogP contribution >= 0.6 is 15.9 Å². The number of nitrogens with zero attached hydrogens (tertiary/aromatic N) is 2. The Morgan fingerprint density at radius 3 is 2.71 bits per heavy atom. The highest BCUT2D eigenvalue weighted by Gasteiger charge is 2.20. The number of likely N-dealkylation sites (tertiary alicyclic amines) is 1. The average Bonchev–Trinajstić information content (AvgIpc) is 2.48. The molecule has 1 aromatic carbocycles. The van der Waals surface area contributed by atoms with Crippen LogP contribution in [-0.2, 0) is 11.3 Å². The molecule has 4 heteroatoms. The van der Waals surface area contributed by atoms with Gasteiger partial charge in [0, 0.05) is 30.5 Å². The summed E-state index contributed by atoms with van der Waals surface area (Å²) in [7, 11) is 4.08. The number of carbonyl (C=O) groups is 1. The lowest BCUT2D eigenvalue weighted by atomic mass is 9.98. The Bertz CT molecular complexity index is 460. The maximum atomic E-state index is 12.3. The third kappa shape index (κ3) is 5.11. The molecule has 0 radical (unpaired) electrons. The van der Waals surface area contributed by atoms with E-state index < -0.39 is 0 Å². The van der Waals surface area contributed by atoms with Crippen molar-refractivity contribution < 1.29 is 4.79 Å². The summed E-state index contributed by atoms with van der Waals surface area (Å²) in [5, 5.41) is 0. The fraction of sp³-hybridized carbons (Fsp3) is 0.588. The molecule has 1 aromatic rings. The quantitative estimate of drug-likeness (QED) is 0.806. The minimum Gasteiger partial charge on any atom is -0.341 e. The first-order valence-corrected chi connectivity index (χ1v) is 8.54. The van der Waals surface area contributed by atoms with Crippen LogP contribution in [0.4, 0.5) is 0 Å². The van der Waals surface area contributed by atoms with Gasteiger partial charge in [-0.05, 0) is 50.6 Å². The first kappa shape index (κ1) is 16.5. The molecule has 0 aliphatic carbocycles. The second-order valence-corrected chi connectivity index (χ2v) is 6.96. The van der Waals surface area contributed by atoms with Crippen LogP contribution < -0.4 is 0 Å². The van der Waals surface area contributed by atoms with Crippen molar-refractivity contribution in [2.75, 3.05) is 20.6 Å². The average molecular weight is 353 g/mol. The van der Waals surface area contributed by atoms with Crippen LogP contribution in [0.1, 0.15) is 37.7 Å². The first-order valence-electron chi connectivity index (χ1n) is 7.75. The maximum Gasteiger partial charge on any atom is 0.222 e. The van der Waals surface area contributed by atoms with E-state index in [0.717, 1.165) is 10.9 Å². The molecule has 0 N–H and O–H groups in total. The van der Waals surface area contributed by atoms with Crippen LogP contribution in [0.15, 0.2) is 28.7 Å². The highest BCUT2D eigenvalue weighted by atomic mass is 79.9. The zero-order valence-electron chi connectivity index (χ0n) is 13.0. The molecule has 0 bridgehead atoms. The first-order chi connectivity index (χ1) is 10.1. The van der Waals surface area contributed by atoms with E-state index in [1.54, 1.807) is 0 Å². The Morgan fingerprint density at radius 1 is 1.33 bits per heavy atom. The molecule has 1 amide bonds. The van der Waals surface area contributed by atoms with Crippen molar-refractivity contribution in [2.24, 2.45) is 0 Å². The molecule has 2 rings (SSSR count). The largest absolute Gasteiger partial charge is 0.341 e. The maximum absolute atomic E-state index is 12.3. The van der Waals surface area contributed by atoms with Crippen molar-refractivity contribution in [2.45, 2.75) is 44.7 Å². The van der Waals surface area contributed by atoms with Crippen molar-refractivity contribution in [1.29, 1.82) is 0 Å². The molecule has 1 unspecified atom stereocenters. The lowest BCUT2D eigenvalue weighted by Gasteiger charge is -2.32. The van der Waals surface area contributed by atoms with E-state index in [1.165, 1.54) is 31.4 Å². The van der Waals surface area contributed by atoms with Gasteiger partial charge in [0.2, 0.25) is 5.91 Å². The van der Waals surface area contributed by atoms with Gasteiger partial charge < -0.3 is 9.80 Å². The van der Waals surface area contributed by atoms with Gasteiger partial charge >= 0.3 is 0 Å². The Labute approximate surface area is 136 Å².